The van der Waals surface area contributed by atoms with Crippen molar-refractivity contribution in [3.63, 3.8) is 0 Å². The molecule has 1 rings (SSSR count). The summed E-state index contributed by atoms with van der Waals surface area (Å²) in [5.41, 5.74) is -0.690. The second-order valence-corrected chi connectivity index (χ2v) is 3.91. The predicted octanol–water partition coefficient (Wildman–Crippen LogP) is 1.85. The quantitative estimate of drug-likeness (QED) is 0.442. The number of hydrogen-bond donors (Lipinski definition) is 0. The Labute approximate surface area is 94.6 Å². The molecule has 0 aromatic carbocycles. The summed E-state index contributed by atoms with van der Waals surface area (Å²) in [6.45, 7) is 5.11. The van der Waals surface area contributed by atoms with Crippen LogP contribution < -0.4 is 0 Å². The number of esters is 1. The van der Waals surface area contributed by atoms with E-state index in [1.54, 1.807) is 32.9 Å². The van der Waals surface area contributed by atoms with Crippen molar-refractivity contribution in [3.8, 4) is 0 Å². The molecule has 0 amide bonds. The van der Waals surface area contributed by atoms with Crippen molar-refractivity contribution in [2.24, 2.45) is 5.41 Å². The van der Waals surface area contributed by atoms with E-state index in [9.17, 15) is 9.59 Å². The molecule has 0 saturated carbocycles. The number of pyridine rings is 1. The van der Waals surface area contributed by atoms with Crippen LogP contribution in [-0.2, 0) is 9.53 Å². The summed E-state index contributed by atoms with van der Waals surface area (Å²) in [7, 11) is 0. The summed E-state index contributed by atoms with van der Waals surface area (Å²) < 4.78 is 4.87. The molecule has 0 N–H and O–H groups in total. The van der Waals surface area contributed by atoms with Crippen molar-refractivity contribution >= 4 is 11.8 Å². The van der Waals surface area contributed by atoms with Crippen LogP contribution in [0.15, 0.2) is 24.5 Å². The van der Waals surface area contributed by atoms with Crippen molar-refractivity contribution in [1.29, 1.82) is 0 Å². The first kappa shape index (κ1) is 12.4. The molecule has 0 spiro atoms. The molecule has 4 nitrogen and oxygen atoms in total. The van der Waals surface area contributed by atoms with Gasteiger partial charge in [-0.2, -0.15) is 0 Å². The van der Waals surface area contributed by atoms with E-state index < -0.39 is 11.4 Å². The fourth-order valence-electron chi connectivity index (χ4n) is 1.27. The summed E-state index contributed by atoms with van der Waals surface area (Å²) in [5, 5.41) is 0. The highest BCUT2D eigenvalue weighted by atomic mass is 16.5. The monoisotopic (exact) mass is 221 g/mol. The van der Waals surface area contributed by atoms with Crippen LogP contribution >= 0.6 is 0 Å². The molecule has 0 unspecified atom stereocenters. The zero-order chi connectivity index (χ0) is 12.2. The molecule has 0 fully saturated rings. The van der Waals surface area contributed by atoms with Gasteiger partial charge >= 0.3 is 5.97 Å². The van der Waals surface area contributed by atoms with E-state index in [1.165, 1.54) is 12.4 Å². The molecular formula is C12H15NO3. The molecule has 0 aliphatic carbocycles. The van der Waals surface area contributed by atoms with Crippen LogP contribution in [0.25, 0.3) is 0 Å². The van der Waals surface area contributed by atoms with Gasteiger partial charge in [0.25, 0.3) is 0 Å². The highest BCUT2D eigenvalue weighted by Gasteiger charge is 2.37. The molecule has 0 saturated heterocycles. The number of ether oxygens (including phenoxy) is 1. The van der Waals surface area contributed by atoms with Gasteiger partial charge in [0.1, 0.15) is 5.41 Å². The van der Waals surface area contributed by atoms with Gasteiger partial charge in [-0.3, -0.25) is 14.6 Å². The predicted molar refractivity (Wildman–Crippen MR) is 59.0 cm³/mol. The molecule has 86 valence electrons. The summed E-state index contributed by atoms with van der Waals surface area (Å²) in [4.78, 5) is 27.5. The number of aromatic nitrogens is 1. The van der Waals surface area contributed by atoms with E-state index in [4.69, 9.17) is 4.74 Å². The molecule has 0 aliphatic rings. The van der Waals surface area contributed by atoms with E-state index in [0.717, 1.165) is 0 Å². The van der Waals surface area contributed by atoms with Gasteiger partial charge in [-0.25, -0.2) is 0 Å². The number of Topliss-reactive ketones (excluding diaryl/α,β-unsaturated/α-hetero) is 1. The molecule has 1 heterocycles. The zero-order valence-electron chi connectivity index (χ0n) is 9.69. The first-order valence-electron chi connectivity index (χ1n) is 5.12. The number of carbonyl (C=O) groups excluding carboxylic acids is 2. The van der Waals surface area contributed by atoms with Crippen LogP contribution in [0.4, 0.5) is 0 Å². The number of ketones is 1. The summed E-state index contributed by atoms with van der Waals surface area (Å²) in [6.07, 6.45) is 3.04. The number of nitrogens with zero attached hydrogens (tertiary/aromatic N) is 1. The Bertz CT molecular complexity index is 385. The van der Waals surface area contributed by atoms with Gasteiger partial charge in [-0.1, -0.05) is 0 Å². The topological polar surface area (TPSA) is 56.3 Å². The van der Waals surface area contributed by atoms with Crippen molar-refractivity contribution in [1.82, 2.24) is 4.98 Å². The third kappa shape index (κ3) is 2.45. The highest BCUT2D eigenvalue weighted by Crippen LogP contribution is 2.23. The summed E-state index contributed by atoms with van der Waals surface area (Å²) in [6, 6.07) is 3.17. The maximum absolute atomic E-state index is 12.1. The molecule has 4 heteroatoms. The van der Waals surface area contributed by atoms with Crippen LogP contribution in [-0.4, -0.2) is 23.3 Å². The lowest BCUT2D eigenvalue weighted by Crippen LogP contribution is -2.35. The Hall–Kier alpha value is -1.71. The first-order valence-corrected chi connectivity index (χ1v) is 5.12. The second-order valence-electron chi connectivity index (χ2n) is 3.91. The molecule has 1 aromatic rings. The van der Waals surface area contributed by atoms with Crippen LogP contribution in [0.2, 0.25) is 0 Å². The van der Waals surface area contributed by atoms with Crippen molar-refractivity contribution < 1.29 is 14.3 Å². The molecule has 1 aromatic heterocycles. The van der Waals surface area contributed by atoms with Gasteiger partial charge in [0.15, 0.2) is 5.78 Å². The molecule has 0 aliphatic heterocycles. The van der Waals surface area contributed by atoms with E-state index in [0.29, 0.717) is 5.56 Å². The fraction of sp³-hybridized carbons (Fsp3) is 0.417. The Balaban J connectivity index is 2.92. The molecule has 0 bridgehead atoms. The molecule has 0 atom stereocenters. The third-order valence-corrected chi connectivity index (χ3v) is 2.30. The fourth-order valence-corrected chi connectivity index (χ4v) is 1.27. The van der Waals surface area contributed by atoms with Gasteiger partial charge in [0.2, 0.25) is 0 Å². The zero-order valence-corrected chi connectivity index (χ0v) is 9.69. The number of hydrogen-bond acceptors (Lipinski definition) is 4. The smallest absolute Gasteiger partial charge is 0.319 e. The van der Waals surface area contributed by atoms with Gasteiger partial charge in [-0.15, -0.1) is 0 Å². The van der Waals surface area contributed by atoms with E-state index in [2.05, 4.69) is 4.98 Å². The van der Waals surface area contributed by atoms with Crippen LogP contribution in [0.3, 0.4) is 0 Å². The van der Waals surface area contributed by atoms with Crippen LogP contribution in [0, 0.1) is 5.41 Å². The van der Waals surface area contributed by atoms with Gasteiger partial charge in [-0.05, 0) is 32.9 Å². The number of carbonyl (C=O) groups is 2. The van der Waals surface area contributed by atoms with Crippen LogP contribution in [0.1, 0.15) is 31.1 Å². The summed E-state index contributed by atoms with van der Waals surface area (Å²) >= 11 is 0. The average Bonchev–Trinajstić information content (AvgIpc) is 2.29. The minimum absolute atomic E-state index is 0.256. The van der Waals surface area contributed by atoms with Crippen molar-refractivity contribution in [2.75, 3.05) is 6.61 Å². The molecule has 16 heavy (non-hydrogen) atoms. The first-order chi connectivity index (χ1) is 7.50. The number of rotatable bonds is 4. The largest absolute Gasteiger partial charge is 0.465 e. The Morgan fingerprint density at radius 3 is 2.38 bits per heavy atom. The Morgan fingerprint density at radius 2 is 1.88 bits per heavy atom. The lowest BCUT2D eigenvalue weighted by Gasteiger charge is -2.20. The maximum atomic E-state index is 12.1. The standard InChI is InChI=1S/C12H15NO3/c1-4-16-11(15)12(2,3)10(14)9-5-7-13-8-6-9/h5-8H,4H2,1-3H3. The SMILES string of the molecule is CCOC(=O)C(C)(C)C(=O)c1ccncc1. The van der Waals surface area contributed by atoms with Crippen molar-refractivity contribution in [3.05, 3.63) is 30.1 Å². The van der Waals surface area contributed by atoms with E-state index in [1.807, 2.05) is 0 Å². The molecular weight excluding hydrogens is 206 g/mol. The Kier molecular flexibility index (Phi) is 3.77. The van der Waals surface area contributed by atoms with E-state index >= 15 is 0 Å². The van der Waals surface area contributed by atoms with Gasteiger partial charge < -0.3 is 4.74 Å². The molecule has 0 radical (unpaired) electrons. The minimum atomic E-state index is -1.16. The highest BCUT2D eigenvalue weighted by molar-refractivity contribution is 6.11. The Morgan fingerprint density at radius 1 is 1.31 bits per heavy atom. The summed E-state index contributed by atoms with van der Waals surface area (Å²) in [5.74, 6) is -0.759. The van der Waals surface area contributed by atoms with Crippen molar-refractivity contribution in [2.45, 2.75) is 20.8 Å². The second kappa shape index (κ2) is 4.88. The van der Waals surface area contributed by atoms with Gasteiger partial charge in [0, 0.05) is 18.0 Å². The van der Waals surface area contributed by atoms with Crippen LogP contribution in [0.5, 0.6) is 0 Å². The van der Waals surface area contributed by atoms with Gasteiger partial charge in [0.05, 0.1) is 6.61 Å². The third-order valence-electron chi connectivity index (χ3n) is 2.30. The lowest BCUT2D eigenvalue weighted by atomic mass is 9.84. The lowest BCUT2D eigenvalue weighted by molar-refractivity contribution is -0.150. The minimum Gasteiger partial charge on any atom is -0.465 e. The maximum Gasteiger partial charge on any atom is 0.319 e. The normalized spacial score (nSPS) is 10.9. The van der Waals surface area contributed by atoms with E-state index in [-0.39, 0.29) is 12.4 Å². The average molecular weight is 221 g/mol.